The van der Waals surface area contributed by atoms with Crippen molar-refractivity contribution >= 4 is 28.7 Å². The monoisotopic (exact) mass is 393 g/mol. The van der Waals surface area contributed by atoms with Gasteiger partial charge in [-0.1, -0.05) is 30.3 Å². The first-order valence-corrected chi connectivity index (χ1v) is 9.20. The number of hydrogen-bond acceptors (Lipinski definition) is 7. The molecular formula is C19H15N5O3S. The number of hydrogen-bond donors (Lipinski definition) is 1. The number of carbonyl (C=O) groups is 2. The van der Waals surface area contributed by atoms with E-state index < -0.39 is 0 Å². The summed E-state index contributed by atoms with van der Waals surface area (Å²) in [4.78, 5) is 33.0. The van der Waals surface area contributed by atoms with Crippen LogP contribution in [0.3, 0.4) is 0 Å². The van der Waals surface area contributed by atoms with Crippen LogP contribution in [0.5, 0.6) is 0 Å². The van der Waals surface area contributed by atoms with Gasteiger partial charge in [0, 0.05) is 29.8 Å². The number of ketones is 1. The zero-order valence-electron chi connectivity index (χ0n) is 14.8. The second-order valence-corrected chi connectivity index (χ2v) is 7.08. The zero-order valence-corrected chi connectivity index (χ0v) is 15.6. The Bertz CT molecular complexity index is 1130. The van der Waals surface area contributed by atoms with Crippen LogP contribution in [0.4, 0.5) is 5.69 Å². The highest BCUT2D eigenvalue weighted by atomic mass is 32.1. The Morgan fingerprint density at radius 2 is 2.00 bits per heavy atom. The van der Waals surface area contributed by atoms with Gasteiger partial charge < -0.3 is 9.73 Å². The van der Waals surface area contributed by atoms with Crippen molar-refractivity contribution in [2.75, 3.05) is 5.32 Å². The van der Waals surface area contributed by atoms with Gasteiger partial charge in [0.2, 0.25) is 0 Å². The SMILES string of the molecule is CC(=O)c1ncc(Cn2cc(NC(=O)c3ncoc3-c3ccccc3)cn2)s1. The number of rotatable bonds is 6. The van der Waals surface area contributed by atoms with Crippen molar-refractivity contribution in [1.29, 1.82) is 0 Å². The first-order valence-electron chi connectivity index (χ1n) is 8.38. The molecule has 9 heteroatoms. The van der Waals surface area contributed by atoms with Gasteiger partial charge in [-0.25, -0.2) is 9.97 Å². The molecule has 0 radical (unpaired) electrons. The molecule has 3 heterocycles. The fraction of sp³-hybridized carbons (Fsp3) is 0.105. The molecule has 1 amide bonds. The van der Waals surface area contributed by atoms with Crippen LogP contribution < -0.4 is 5.32 Å². The Morgan fingerprint density at radius 1 is 1.18 bits per heavy atom. The van der Waals surface area contributed by atoms with Gasteiger partial charge in [-0.2, -0.15) is 5.10 Å². The van der Waals surface area contributed by atoms with Gasteiger partial charge in [0.25, 0.3) is 5.91 Å². The third kappa shape index (κ3) is 3.74. The maximum atomic E-state index is 12.6. The van der Waals surface area contributed by atoms with Crippen LogP contribution in [0, 0.1) is 0 Å². The summed E-state index contributed by atoms with van der Waals surface area (Å²) < 4.78 is 7.05. The summed E-state index contributed by atoms with van der Waals surface area (Å²) in [6.07, 6.45) is 6.15. The summed E-state index contributed by atoms with van der Waals surface area (Å²) in [5.74, 6) is -0.0396. The average Bonchev–Trinajstić information content (AvgIpc) is 3.43. The van der Waals surface area contributed by atoms with Gasteiger partial charge in [-0.05, 0) is 0 Å². The Labute approximate surface area is 163 Å². The molecule has 3 aromatic heterocycles. The highest BCUT2D eigenvalue weighted by molar-refractivity contribution is 7.13. The third-order valence-electron chi connectivity index (χ3n) is 3.88. The standard InChI is InChI=1S/C19H15N5O3S/c1-12(25)19-20-8-15(28-19)10-24-9-14(7-22-24)23-18(26)16-17(27-11-21-16)13-5-3-2-4-6-13/h2-9,11H,10H2,1H3,(H,23,26). The van der Waals surface area contributed by atoms with Crippen molar-refractivity contribution in [1.82, 2.24) is 19.7 Å². The van der Waals surface area contributed by atoms with Crippen molar-refractivity contribution in [2.45, 2.75) is 13.5 Å². The molecule has 4 aromatic rings. The fourth-order valence-electron chi connectivity index (χ4n) is 2.61. The highest BCUT2D eigenvalue weighted by Crippen LogP contribution is 2.23. The molecule has 0 saturated carbocycles. The Morgan fingerprint density at radius 3 is 2.75 bits per heavy atom. The predicted molar refractivity (Wildman–Crippen MR) is 103 cm³/mol. The van der Waals surface area contributed by atoms with Gasteiger partial charge in [0.15, 0.2) is 28.6 Å². The number of carbonyl (C=O) groups excluding carboxylic acids is 2. The molecule has 0 spiro atoms. The van der Waals surface area contributed by atoms with Gasteiger partial charge in [0.05, 0.1) is 18.4 Å². The Balaban J connectivity index is 1.46. The van der Waals surface area contributed by atoms with Crippen LogP contribution in [0.25, 0.3) is 11.3 Å². The van der Waals surface area contributed by atoms with E-state index in [4.69, 9.17) is 4.42 Å². The molecule has 0 fully saturated rings. The van der Waals surface area contributed by atoms with E-state index in [1.807, 2.05) is 30.3 Å². The molecule has 0 aliphatic heterocycles. The molecule has 140 valence electrons. The second-order valence-electron chi connectivity index (χ2n) is 5.96. The topological polar surface area (TPSA) is 103 Å². The largest absolute Gasteiger partial charge is 0.443 e. The smallest absolute Gasteiger partial charge is 0.278 e. The number of Topliss-reactive ketones (excluding diaryl/α,β-unsaturated/α-hetero) is 1. The van der Waals surface area contributed by atoms with Crippen molar-refractivity contribution < 1.29 is 14.0 Å². The van der Waals surface area contributed by atoms with E-state index in [1.165, 1.54) is 24.7 Å². The molecule has 4 rings (SSSR count). The number of anilines is 1. The van der Waals surface area contributed by atoms with Gasteiger partial charge >= 0.3 is 0 Å². The lowest BCUT2D eigenvalue weighted by Crippen LogP contribution is -2.13. The quantitative estimate of drug-likeness (QED) is 0.503. The summed E-state index contributed by atoms with van der Waals surface area (Å²) in [7, 11) is 0. The first-order chi connectivity index (χ1) is 13.6. The van der Waals surface area contributed by atoms with Crippen molar-refractivity contribution in [2.24, 2.45) is 0 Å². The van der Waals surface area contributed by atoms with E-state index >= 15 is 0 Å². The maximum Gasteiger partial charge on any atom is 0.278 e. The van der Waals surface area contributed by atoms with Gasteiger partial charge in [0.1, 0.15) is 0 Å². The van der Waals surface area contributed by atoms with E-state index in [0.717, 1.165) is 10.4 Å². The fourth-order valence-corrected chi connectivity index (χ4v) is 3.41. The van der Waals surface area contributed by atoms with Crippen molar-refractivity contribution in [3.8, 4) is 11.3 Å². The minimum atomic E-state index is -0.385. The van der Waals surface area contributed by atoms with Crippen LogP contribution in [0.1, 0.15) is 32.1 Å². The van der Waals surface area contributed by atoms with Crippen LogP contribution in [0.2, 0.25) is 0 Å². The predicted octanol–water partition coefficient (Wildman–Crippen LogP) is 3.50. The summed E-state index contributed by atoms with van der Waals surface area (Å²) in [5, 5.41) is 7.47. The van der Waals surface area contributed by atoms with Crippen molar-refractivity contribution in [3.63, 3.8) is 0 Å². The zero-order chi connectivity index (χ0) is 19.5. The van der Waals surface area contributed by atoms with Crippen LogP contribution in [-0.4, -0.2) is 31.4 Å². The number of oxazole rings is 1. The molecule has 0 aliphatic rings. The molecule has 28 heavy (non-hydrogen) atoms. The lowest BCUT2D eigenvalue weighted by molar-refractivity contribution is 0.101. The average molecular weight is 393 g/mol. The van der Waals surface area contributed by atoms with Gasteiger partial charge in [-0.3, -0.25) is 14.3 Å². The molecule has 0 atom stereocenters. The van der Waals surface area contributed by atoms with E-state index in [9.17, 15) is 9.59 Å². The van der Waals surface area contributed by atoms with E-state index in [1.54, 1.807) is 23.3 Å². The number of nitrogens with zero attached hydrogens (tertiary/aromatic N) is 4. The number of aromatic nitrogens is 4. The number of amides is 1. The number of benzene rings is 1. The van der Waals surface area contributed by atoms with Crippen molar-refractivity contribution in [3.05, 3.63) is 70.9 Å². The molecule has 8 nitrogen and oxygen atoms in total. The van der Waals surface area contributed by atoms with Crippen LogP contribution >= 0.6 is 11.3 Å². The molecule has 0 saturated heterocycles. The molecule has 1 aromatic carbocycles. The maximum absolute atomic E-state index is 12.6. The normalized spacial score (nSPS) is 10.8. The molecule has 0 unspecified atom stereocenters. The minimum Gasteiger partial charge on any atom is -0.443 e. The third-order valence-corrected chi connectivity index (χ3v) is 4.97. The van der Waals surface area contributed by atoms with Crippen LogP contribution in [-0.2, 0) is 6.54 Å². The lowest BCUT2D eigenvalue weighted by Gasteiger charge is -2.02. The second kappa shape index (κ2) is 7.57. The molecule has 0 bridgehead atoms. The van der Waals surface area contributed by atoms with Gasteiger partial charge in [-0.15, -0.1) is 11.3 Å². The Hall–Kier alpha value is -3.59. The number of thiazole rings is 1. The summed E-state index contributed by atoms with van der Waals surface area (Å²) in [6, 6.07) is 9.30. The van der Waals surface area contributed by atoms with Crippen LogP contribution in [0.15, 0.2) is 59.7 Å². The highest BCUT2D eigenvalue weighted by Gasteiger charge is 2.19. The molecular weight excluding hydrogens is 378 g/mol. The van der Waals surface area contributed by atoms with E-state index in [0.29, 0.717) is 23.0 Å². The van der Waals surface area contributed by atoms with E-state index in [2.05, 4.69) is 20.4 Å². The Kier molecular flexibility index (Phi) is 4.81. The summed E-state index contributed by atoms with van der Waals surface area (Å²) in [6.45, 7) is 1.94. The lowest BCUT2D eigenvalue weighted by atomic mass is 10.1. The summed E-state index contributed by atoms with van der Waals surface area (Å²) in [5.41, 5.74) is 1.50. The molecule has 0 aliphatic carbocycles. The molecule has 1 N–H and O–H groups in total. The first kappa shape index (κ1) is 17.8. The minimum absolute atomic E-state index is 0.0634. The van der Waals surface area contributed by atoms with E-state index in [-0.39, 0.29) is 17.4 Å². The number of nitrogens with one attached hydrogen (secondary N) is 1. The summed E-state index contributed by atoms with van der Waals surface area (Å²) >= 11 is 1.33.